The van der Waals surface area contributed by atoms with Crippen molar-refractivity contribution in [1.82, 2.24) is 5.43 Å². The molecule has 1 aromatic carbocycles. The van der Waals surface area contributed by atoms with E-state index in [2.05, 4.69) is 45.1 Å². The van der Waals surface area contributed by atoms with E-state index in [1.165, 1.54) is 12.5 Å². The van der Waals surface area contributed by atoms with Crippen molar-refractivity contribution in [3.63, 3.8) is 0 Å². The molecule has 6 heteroatoms. The number of carboxylic acid groups (broad SMARTS) is 1. The van der Waals surface area contributed by atoms with Crippen LogP contribution in [0.25, 0.3) is 0 Å². The van der Waals surface area contributed by atoms with Crippen molar-refractivity contribution in [2.75, 3.05) is 6.61 Å². The molecule has 0 bridgehead atoms. The Hall–Kier alpha value is -2.37. The lowest BCUT2D eigenvalue weighted by Crippen LogP contribution is -2.27. The molecule has 6 nitrogen and oxygen atoms in total. The van der Waals surface area contributed by atoms with E-state index in [4.69, 9.17) is 9.84 Å². The summed E-state index contributed by atoms with van der Waals surface area (Å²) in [6.07, 6.45) is 1.05. The standard InChI is InChI=1S/C19H28N2O4/c1-13(17(23)24)20-21-16(22)11-25-15-9-7-14(8-10-15)19(5,6)12-18(2,3)4/h7-10H,11-12H2,1-6H3,(H,21,22)(H,23,24). The normalized spacial score (nSPS) is 12.6. The van der Waals surface area contributed by atoms with E-state index in [-0.39, 0.29) is 23.1 Å². The van der Waals surface area contributed by atoms with Crippen LogP contribution in [-0.2, 0) is 15.0 Å². The fraction of sp³-hybridized carbons (Fsp3) is 0.526. The Kier molecular flexibility index (Phi) is 6.73. The quantitative estimate of drug-likeness (QED) is 0.584. The number of nitrogens with zero attached hydrogens (tertiary/aromatic N) is 1. The Morgan fingerprint density at radius 3 is 2.16 bits per heavy atom. The van der Waals surface area contributed by atoms with E-state index in [9.17, 15) is 9.59 Å². The fourth-order valence-electron chi connectivity index (χ4n) is 2.81. The van der Waals surface area contributed by atoms with Crippen molar-refractivity contribution in [2.45, 2.75) is 53.4 Å². The van der Waals surface area contributed by atoms with Crippen molar-refractivity contribution >= 4 is 17.6 Å². The van der Waals surface area contributed by atoms with Crippen molar-refractivity contribution < 1.29 is 19.4 Å². The molecule has 138 valence electrons. The molecule has 0 saturated carbocycles. The first-order valence-corrected chi connectivity index (χ1v) is 8.20. The highest BCUT2D eigenvalue weighted by molar-refractivity contribution is 6.34. The summed E-state index contributed by atoms with van der Waals surface area (Å²) in [5.74, 6) is -1.13. The molecule has 0 aliphatic carbocycles. The summed E-state index contributed by atoms with van der Waals surface area (Å²) in [6, 6.07) is 7.68. The van der Waals surface area contributed by atoms with Crippen molar-refractivity contribution in [3.05, 3.63) is 29.8 Å². The summed E-state index contributed by atoms with van der Waals surface area (Å²) in [4.78, 5) is 22.2. The number of benzene rings is 1. The van der Waals surface area contributed by atoms with Crippen molar-refractivity contribution in [2.24, 2.45) is 10.5 Å². The number of hydrogen-bond donors (Lipinski definition) is 2. The van der Waals surface area contributed by atoms with Crippen LogP contribution in [0, 0.1) is 5.41 Å². The number of aliphatic carboxylic acids is 1. The zero-order chi connectivity index (χ0) is 19.3. The number of amides is 1. The van der Waals surface area contributed by atoms with Crippen LogP contribution < -0.4 is 10.2 Å². The molecule has 0 fully saturated rings. The van der Waals surface area contributed by atoms with Gasteiger partial charge in [-0.2, -0.15) is 5.10 Å². The molecule has 0 saturated heterocycles. The lowest BCUT2D eigenvalue weighted by Gasteiger charge is -2.33. The number of nitrogens with one attached hydrogen (secondary N) is 1. The summed E-state index contributed by atoms with van der Waals surface area (Å²) in [6.45, 7) is 12.1. The topological polar surface area (TPSA) is 88.0 Å². The summed E-state index contributed by atoms with van der Waals surface area (Å²) < 4.78 is 5.40. The smallest absolute Gasteiger partial charge is 0.351 e. The van der Waals surface area contributed by atoms with Crippen LogP contribution in [-0.4, -0.2) is 29.3 Å². The average molecular weight is 348 g/mol. The minimum absolute atomic E-state index is 0.0389. The highest BCUT2D eigenvalue weighted by Crippen LogP contribution is 2.36. The maximum absolute atomic E-state index is 11.6. The molecule has 25 heavy (non-hydrogen) atoms. The summed E-state index contributed by atoms with van der Waals surface area (Å²) >= 11 is 0. The van der Waals surface area contributed by atoms with Gasteiger partial charge in [0.15, 0.2) is 6.61 Å². The Bertz CT molecular complexity index is 640. The number of carboxylic acids is 1. The van der Waals surface area contributed by atoms with Crippen LogP contribution in [0.2, 0.25) is 0 Å². The van der Waals surface area contributed by atoms with Gasteiger partial charge in [-0.25, -0.2) is 10.2 Å². The van der Waals surface area contributed by atoms with Gasteiger partial charge in [-0.15, -0.1) is 0 Å². The molecule has 0 atom stereocenters. The van der Waals surface area contributed by atoms with E-state index in [1.54, 1.807) is 0 Å². The molecule has 0 spiro atoms. The van der Waals surface area contributed by atoms with E-state index in [1.807, 2.05) is 24.3 Å². The maximum atomic E-state index is 11.6. The average Bonchev–Trinajstić information content (AvgIpc) is 2.48. The molecule has 0 aliphatic rings. The largest absolute Gasteiger partial charge is 0.484 e. The predicted octanol–water partition coefficient (Wildman–Crippen LogP) is 3.36. The van der Waals surface area contributed by atoms with Crippen molar-refractivity contribution in [3.8, 4) is 5.75 Å². The van der Waals surface area contributed by atoms with Crippen LogP contribution in [0.15, 0.2) is 29.4 Å². The van der Waals surface area contributed by atoms with E-state index in [0.29, 0.717) is 5.75 Å². The second kappa shape index (κ2) is 8.14. The van der Waals surface area contributed by atoms with E-state index < -0.39 is 11.9 Å². The first-order chi connectivity index (χ1) is 11.4. The van der Waals surface area contributed by atoms with Gasteiger partial charge in [-0.1, -0.05) is 46.8 Å². The molecule has 0 aliphatic heterocycles. The Balaban J connectivity index is 2.61. The SMILES string of the molecule is CC(=NNC(=O)COc1ccc(C(C)(C)CC(C)(C)C)cc1)C(=O)O. The van der Waals surface area contributed by atoms with Gasteiger partial charge in [0.05, 0.1) is 0 Å². The molecule has 1 aromatic rings. The Morgan fingerprint density at radius 2 is 1.68 bits per heavy atom. The summed E-state index contributed by atoms with van der Waals surface area (Å²) in [7, 11) is 0. The lowest BCUT2D eigenvalue weighted by atomic mass is 9.72. The zero-order valence-electron chi connectivity index (χ0n) is 15.8. The fourth-order valence-corrected chi connectivity index (χ4v) is 2.81. The first-order valence-electron chi connectivity index (χ1n) is 8.20. The molecule has 0 aromatic heterocycles. The zero-order valence-corrected chi connectivity index (χ0v) is 15.8. The third-order valence-corrected chi connectivity index (χ3v) is 3.64. The number of carbonyl (C=O) groups is 2. The molecule has 1 rings (SSSR count). The van der Waals surface area contributed by atoms with Gasteiger partial charge in [-0.05, 0) is 41.9 Å². The number of ether oxygens (including phenoxy) is 1. The Morgan fingerprint density at radius 1 is 1.12 bits per heavy atom. The van der Waals surface area contributed by atoms with Crippen LogP contribution in [0.1, 0.15) is 53.5 Å². The van der Waals surface area contributed by atoms with Crippen LogP contribution in [0.5, 0.6) is 5.75 Å². The van der Waals surface area contributed by atoms with Crippen LogP contribution >= 0.6 is 0 Å². The van der Waals surface area contributed by atoms with Gasteiger partial charge in [0.2, 0.25) is 0 Å². The molecular weight excluding hydrogens is 320 g/mol. The minimum Gasteiger partial charge on any atom is -0.484 e. The summed E-state index contributed by atoms with van der Waals surface area (Å²) in [5.41, 5.74) is 3.42. The van der Waals surface area contributed by atoms with Crippen LogP contribution in [0.3, 0.4) is 0 Å². The maximum Gasteiger partial charge on any atom is 0.351 e. The van der Waals surface area contributed by atoms with Gasteiger partial charge in [0.25, 0.3) is 5.91 Å². The predicted molar refractivity (Wildman–Crippen MR) is 97.9 cm³/mol. The third kappa shape index (κ3) is 7.37. The third-order valence-electron chi connectivity index (χ3n) is 3.64. The summed E-state index contributed by atoms with van der Waals surface area (Å²) in [5, 5.41) is 12.1. The van der Waals surface area contributed by atoms with Gasteiger partial charge in [0.1, 0.15) is 11.5 Å². The Labute approximate surface area is 149 Å². The van der Waals surface area contributed by atoms with Gasteiger partial charge in [-0.3, -0.25) is 4.79 Å². The second-order valence-corrected chi connectivity index (χ2v) is 7.97. The number of hydrogen-bond acceptors (Lipinski definition) is 4. The minimum atomic E-state index is -1.19. The number of hydrazone groups is 1. The number of rotatable bonds is 7. The van der Waals surface area contributed by atoms with Crippen molar-refractivity contribution in [1.29, 1.82) is 0 Å². The van der Waals surface area contributed by atoms with Crippen LogP contribution in [0.4, 0.5) is 0 Å². The van der Waals surface area contributed by atoms with Gasteiger partial charge in [0, 0.05) is 0 Å². The number of carbonyl (C=O) groups excluding carboxylic acids is 1. The highest BCUT2D eigenvalue weighted by atomic mass is 16.5. The van der Waals surface area contributed by atoms with E-state index >= 15 is 0 Å². The van der Waals surface area contributed by atoms with E-state index in [0.717, 1.165) is 6.42 Å². The molecule has 0 unspecified atom stereocenters. The molecular formula is C19H28N2O4. The second-order valence-electron chi connectivity index (χ2n) is 7.97. The lowest BCUT2D eigenvalue weighted by molar-refractivity contribution is -0.129. The molecule has 0 radical (unpaired) electrons. The van der Waals surface area contributed by atoms with Gasteiger partial charge < -0.3 is 9.84 Å². The molecule has 1 amide bonds. The monoisotopic (exact) mass is 348 g/mol. The van der Waals surface area contributed by atoms with Gasteiger partial charge >= 0.3 is 5.97 Å². The molecule has 0 heterocycles. The molecule has 2 N–H and O–H groups in total. The highest BCUT2D eigenvalue weighted by Gasteiger charge is 2.27. The first kappa shape index (κ1) is 20.7.